The van der Waals surface area contributed by atoms with Gasteiger partial charge >= 0.3 is 5.97 Å². The number of aromatic amines is 1. The SMILES string of the molecule is O=C(O)C(Cc1ccccc1)NC(=O)C(Cc1cnc[nH]1)NC(=O)C1CCCN1. The van der Waals surface area contributed by atoms with E-state index in [9.17, 15) is 19.5 Å². The number of benzene rings is 1. The Hall–Kier alpha value is -3.20. The van der Waals surface area contributed by atoms with Gasteiger partial charge in [0.1, 0.15) is 12.1 Å². The molecular formula is C20H25N5O4. The number of carbonyl (C=O) groups is 3. The molecule has 1 fully saturated rings. The van der Waals surface area contributed by atoms with Crippen LogP contribution in [0.15, 0.2) is 42.9 Å². The van der Waals surface area contributed by atoms with Crippen LogP contribution in [0.3, 0.4) is 0 Å². The molecule has 2 heterocycles. The largest absolute Gasteiger partial charge is 0.480 e. The zero-order valence-corrected chi connectivity index (χ0v) is 15.9. The topological polar surface area (TPSA) is 136 Å². The Morgan fingerprint density at radius 2 is 1.93 bits per heavy atom. The third-order valence-electron chi connectivity index (χ3n) is 4.89. The van der Waals surface area contributed by atoms with Crippen molar-refractivity contribution in [1.82, 2.24) is 25.9 Å². The monoisotopic (exact) mass is 399 g/mol. The molecule has 2 aromatic rings. The van der Waals surface area contributed by atoms with E-state index in [-0.39, 0.29) is 24.8 Å². The van der Waals surface area contributed by atoms with E-state index in [1.54, 1.807) is 18.3 Å². The van der Waals surface area contributed by atoms with E-state index < -0.39 is 24.0 Å². The standard InChI is InChI=1S/C20H25N5O4/c26-18(15-7-4-8-22-15)24-16(10-14-11-21-12-23-14)19(27)25-17(20(28)29)9-13-5-2-1-3-6-13/h1-3,5-6,11-12,15-17,22H,4,7-10H2,(H,21,23)(H,24,26)(H,25,27)(H,28,29). The molecule has 0 bridgehead atoms. The number of amides is 2. The summed E-state index contributed by atoms with van der Waals surface area (Å²) in [6, 6.07) is 6.71. The van der Waals surface area contributed by atoms with Gasteiger partial charge in [-0.1, -0.05) is 30.3 Å². The van der Waals surface area contributed by atoms with Gasteiger partial charge in [-0.15, -0.1) is 0 Å². The molecule has 29 heavy (non-hydrogen) atoms. The first kappa shape index (κ1) is 20.5. The molecule has 3 unspecified atom stereocenters. The molecule has 0 spiro atoms. The molecule has 9 nitrogen and oxygen atoms in total. The molecule has 0 radical (unpaired) electrons. The van der Waals surface area contributed by atoms with Gasteiger partial charge in [-0.2, -0.15) is 0 Å². The fourth-order valence-corrected chi connectivity index (χ4v) is 3.33. The molecule has 3 atom stereocenters. The van der Waals surface area contributed by atoms with Crippen LogP contribution in [0, 0.1) is 0 Å². The smallest absolute Gasteiger partial charge is 0.326 e. The predicted octanol–water partition coefficient (Wildman–Crippen LogP) is 0.00110. The molecule has 2 amide bonds. The summed E-state index contributed by atoms with van der Waals surface area (Å²) in [6.07, 6.45) is 4.99. The number of aromatic nitrogens is 2. The highest BCUT2D eigenvalue weighted by Crippen LogP contribution is 2.08. The minimum Gasteiger partial charge on any atom is -0.480 e. The number of carboxylic acid groups (broad SMARTS) is 1. The number of hydrogen-bond acceptors (Lipinski definition) is 5. The number of nitrogens with one attached hydrogen (secondary N) is 4. The van der Waals surface area contributed by atoms with Crippen LogP contribution in [0.4, 0.5) is 0 Å². The fraction of sp³-hybridized carbons (Fsp3) is 0.400. The third kappa shape index (κ3) is 5.89. The summed E-state index contributed by atoms with van der Waals surface area (Å²) < 4.78 is 0. The summed E-state index contributed by atoms with van der Waals surface area (Å²) >= 11 is 0. The molecule has 0 saturated carbocycles. The molecule has 5 N–H and O–H groups in total. The number of hydrogen-bond donors (Lipinski definition) is 5. The van der Waals surface area contributed by atoms with Crippen LogP contribution in [0.1, 0.15) is 24.1 Å². The van der Waals surface area contributed by atoms with Crippen molar-refractivity contribution < 1.29 is 19.5 Å². The molecule has 1 aromatic carbocycles. The molecule has 1 aromatic heterocycles. The second kappa shape index (κ2) is 9.83. The number of carbonyl (C=O) groups excluding carboxylic acids is 2. The van der Waals surface area contributed by atoms with Gasteiger partial charge in [0.2, 0.25) is 11.8 Å². The van der Waals surface area contributed by atoms with Crippen molar-refractivity contribution in [2.45, 2.75) is 43.8 Å². The van der Waals surface area contributed by atoms with E-state index in [4.69, 9.17) is 0 Å². The van der Waals surface area contributed by atoms with Crippen LogP contribution in [0.25, 0.3) is 0 Å². The van der Waals surface area contributed by atoms with Crippen molar-refractivity contribution in [3.63, 3.8) is 0 Å². The Balaban J connectivity index is 1.69. The molecule has 1 aliphatic rings. The van der Waals surface area contributed by atoms with Crippen molar-refractivity contribution in [2.75, 3.05) is 6.54 Å². The highest BCUT2D eigenvalue weighted by Gasteiger charge is 2.30. The molecule has 3 rings (SSSR count). The van der Waals surface area contributed by atoms with Crippen LogP contribution in [-0.4, -0.2) is 57.5 Å². The van der Waals surface area contributed by atoms with Crippen molar-refractivity contribution in [3.05, 3.63) is 54.1 Å². The number of aliphatic carboxylic acids is 1. The Labute approximate surface area is 168 Å². The minimum atomic E-state index is -1.13. The summed E-state index contributed by atoms with van der Waals surface area (Å²) in [7, 11) is 0. The van der Waals surface area contributed by atoms with Crippen LogP contribution >= 0.6 is 0 Å². The van der Waals surface area contributed by atoms with Gasteiger partial charge in [-0.05, 0) is 24.9 Å². The second-order valence-corrected chi connectivity index (χ2v) is 7.08. The van der Waals surface area contributed by atoms with Gasteiger partial charge < -0.3 is 26.0 Å². The number of nitrogens with zero attached hydrogens (tertiary/aromatic N) is 1. The fourth-order valence-electron chi connectivity index (χ4n) is 3.33. The molecule has 1 saturated heterocycles. The van der Waals surface area contributed by atoms with Gasteiger partial charge in [0, 0.05) is 24.7 Å². The summed E-state index contributed by atoms with van der Waals surface area (Å²) in [5.74, 6) is -1.95. The van der Waals surface area contributed by atoms with Gasteiger partial charge in [-0.3, -0.25) is 9.59 Å². The maximum absolute atomic E-state index is 12.9. The Morgan fingerprint density at radius 1 is 1.14 bits per heavy atom. The first-order valence-electron chi connectivity index (χ1n) is 9.61. The van der Waals surface area contributed by atoms with Crippen LogP contribution < -0.4 is 16.0 Å². The lowest BCUT2D eigenvalue weighted by molar-refractivity contribution is -0.142. The summed E-state index contributed by atoms with van der Waals surface area (Å²) in [5.41, 5.74) is 1.46. The normalized spacial score (nSPS) is 18.0. The van der Waals surface area contributed by atoms with Crippen LogP contribution in [0.2, 0.25) is 0 Å². The Kier molecular flexibility index (Phi) is 6.96. The van der Waals surface area contributed by atoms with Crippen molar-refractivity contribution >= 4 is 17.8 Å². The first-order chi connectivity index (χ1) is 14.0. The number of imidazole rings is 1. The second-order valence-electron chi connectivity index (χ2n) is 7.08. The van der Waals surface area contributed by atoms with Crippen molar-refractivity contribution in [2.24, 2.45) is 0 Å². The van der Waals surface area contributed by atoms with E-state index in [0.29, 0.717) is 12.1 Å². The average molecular weight is 399 g/mol. The summed E-state index contributed by atoms with van der Waals surface area (Å²) in [5, 5.41) is 18.0. The maximum Gasteiger partial charge on any atom is 0.326 e. The third-order valence-corrected chi connectivity index (χ3v) is 4.89. The highest BCUT2D eigenvalue weighted by atomic mass is 16.4. The summed E-state index contributed by atoms with van der Waals surface area (Å²) in [6.45, 7) is 0.758. The zero-order valence-electron chi connectivity index (χ0n) is 15.9. The van der Waals surface area contributed by atoms with E-state index in [1.165, 1.54) is 6.33 Å². The average Bonchev–Trinajstić information content (AvgIpc) is 3.41. The Morgan fingerprint density at radius 3 is 2.55 bits per heavy atom. The predicted molar refractivity (Wildman–Crippen MR) is 105 cm³/mol. The number of carboxylic acids is 1. The lowest BCUT2D eigenvalue weighted by Crippen LogP contribution is -2.55. The number of H-pyrrole nitrogens is 1. The van der Waals surface area contributed by atoms with Crippen molar-refractivity contribution in [3.8, 4) is 0 Å². The van der Waals surface area contributed by atoms with Gasteiger partial charge in [-0.25, -0.2) is 9.78 Å². The molecule has 154 valence electrons. The van der Waals surface area contributed by atoms with Crippen LogP contribution in [0.5, 0.6) is 0 Å². The number of rotatable bonds is 9. The van der Waals surface area contributed by atoms with Crippen molar-refractivity contribution in [1.29, 1.82) is 0 Å². The van der Waals surface area contributed by atoms with Gasteiger partial charge in [0.05, 0.1) is 12.4 Å². The maximum atomic E-state index is 12.9. The molecule has 0 aliphatic carbocycles. The quantitative estimate of drug-likeness (QED) is 0.403. The van der Waals surface area contributed by atoms with Gasteiger partial charge in [0.25, 0.3) is 0 Å². The van der Waals surface area contributed by atoms with Crippen LogP contribution in [-0.2, 0) is 27.2 Å². The van der Waals surface area contributed by atoms with E-state index in [1.807, 2.05) is 18.2 Å². The lowest BCUT2D eigenvalue weighted by atomic mass is 10.0. The van der Waals surface area contributed by atoms with E-state index >= 15 is 0 Å². The highest BCUT2D eigenvalue weighted by molar-refractivity contribution is 5.92. The zero-order chi connectivity index (χ0) is 20.6. The summed E-state index contributed by atoms with van der Waals surface area (Å²) in [4.78, 5) is 43.9. The first-order valence-corrected chi connectivity index (χ1v) is 9.61. The van der Waals surface area contributed by atoms with E-state index in [0.717, 1.165) is 18.5 Å². The molecule has 1 aliphatic heterocycles. The Bertz CT molecular complexity index is 819. The minimum absolute atomic E-state index is 0.150. The molecule has 9 heteroatoms. The van der Waals surface area contributed by atoms with E-state index in [2.05, 4.69) is 25.9 Å². The molecular weight excluding hydrogens is 374 g/mol. The van der Waals surface area contributed by atoms with Gasteiger partial charge in [0.15, 0.2) is 0 Å². The lowest BCUT2D eigenvalue weighted by Gasteiger charge is -2.22.